The summed E-state index contributed by atoms with van der Waals surface area (Å²) in [5, 5.41) is 2.73. The molecular formula is C7H7NO2S. The minimum atomic E-state index is -0.686. The Balaban J connectivity index is 2.29. The number of rotatable bonds is 1. The van der Waals surface area contributed by atoms with Crippen LogP contribution in [-0.4, -0.2) is 4.98 Å². The van der Waals surface area contributed by atoms with Crippen molar-refractivity contribution in [3.05, 3.63) is 29.1 Å². The number of thiazole rings is 1. The van der Waals surface area contributed by atoms with Crippen LogP contribution in [0.2, 0.25) is 0 Å². The van der Waals surface area contributed by atoms with Gasteiger partial charge in [-0.15, -0.1) is 11.3 Å². The Morgan fingerprint density at radius 3 is 2.73 bits per heavy atom. The van der Waals surface area contributed by atoms with Gasteiger partial charge in [0.25, 0.3) is 5.79 Å². The van der Waals surface area contributed by atoms with E-state index in [1.54, 1.807) is 6.20 Å². The van der Waals surface area contributed by atoms with E-state index in [0.29, 0.717) is 0 Å². The lowest BCUT2D eigenvalue weighted by molar-refractivity contribution is -0.133. The van der Waals surface area contributed by atoms with Crippen molar-refractivity contribution < 1.29 is 9.47 Å². The van der Waals surface area contributed by atoms with Crippen LogP contribution in [-0.2, 0) is 15.3 Å². The molecule has 1 aliphatic heterocycles. The predicted octanol–water partition coefficient (Wildman–Crippen LogP) is 1.83. The molecule has 0 N–H and O–H groups in total. The van der Waals surface area contributed by atoms with Gasteiger partial charge >= 0.3 is 0 Å². The molecule has 2 heterocycles. The monoisotopic (exact) mass is 169 g/mol. The number of aromatic nitrogens is 1. The van der Waals surface area contributed by atoms with Crippen LogP contribution in [0.15, 0.2) is 24.1 Å². The largest absolute Gasteiger partial charge is 0.451 e. The molecule has 1 aliphatic rings. The SMILES string of the molecule is CC1(c2nccs2)OC=CO1. The van der Waals surface area contributed by atoms with Crippen LogP contribution in [0.5, 0.6) is 0 Å². The molecule has 58 valence electrons. The first kappa shape index (κ1) is 6.67. The van der Waals surface area contributed by atoms with Crippen LogP contribution < -0.4 is 0 Å². The third-order valence-corrected chi connectivity index (χ3v) is 2.42. The summed E-state index contributed by atoms with van der Waals surface area (Å²) in [5.41, 5.74) is 0. The fourth-order valence-corrected chi connectivity index (χ4v) is 1.57. The zero-order valence-corrected chi connectivity index (χ0v) is 6.80. The van der Waals surface area contributed by atoms with Gasteiger partial charge in [0.15, 0.2) is 5.01 Å². The maximum absolute atomic E-state index is 5.23. The van der Waals surface area contributed by atoms with Crippen molar-refractivity contribution in [2.45, 2.75) is 12.7 Å². The summed E-state index contributed by atoms with van der Waals surface area (Å²) in [4.78, 5) is 4.10. The smallest absolute Gasteiger partial charge is 0.300 e. The van der Waals surface area contributed by atoms with Crippen LogP contribution in [0.4, 0.5) is 0 Å². The normalized spacial score (nSPS) is 19.4. The van der Waals surface area contributed by atoms with Gasteiger partial charge in [-0.1, -0.05) is 0 Å². The number of hydrogen-bond donors (Lipinski definition) is 0. The topological polar surface area (TPSA) is 31.4 Å². The van der Waals surface area contributed by atoms with Crippen LogP contribution in [0.25, 0.3) is 0 Å². The highest BCUT2D eigenvalue weighted by Crippen LogP contribution is 2.32. The Morgan fingerprint density at radius 1 is 1.45 bits per heavy atom. The number of nitrogens with zero attached hydrogens (tertiary/aromatic N) is 1. The molecule has 0 radical (unpaired) electrons. The van der Waals surface area contributed by atoms with E-state index in [0.717, 1.165) is 5.01 Å². The summed E-state index contributed by atoms with van der Waals surface area (Å²) in [6.45, 7) is 1.84. The predicted molar refractivity (Wildman–Crippen MR) is 40.8 cm³/mol. The van der Waals surface area contributed by atoms with Crippen molar-refractivity contribution in [3.63, 3.8) is 0 Å². The third kappa shape index (κ3) is 0.991. The van der Waals surface area contributed by atoms with Crippen molar-refractivity contribution in [3.8, 4) is 0 Å². The van der Waals surface area contributed by atoms with Gasteiger partial charge in [-0.25, -0.2) is 4.98 Å². The van der Waals surface area contributed by atoms with E-state index >= 15 is 0 Å². The Hall–Kier alpha value is -1.03. The number of hydrogen-bond acceptors (Lipinski definition) is 4. The fraction of sp³-hybridized carbons (Fsp3) is 0.286. The van der Waals surface area contributed by atoms with E-state index in [-0.39, 0.29) is 0 Å². The quantitative estimate of drug-likeness (QED) is 0.642. The first-order valence-electron chi connectivity index (χ1n) is 3.22. The standard InChI is InChI=1S/C7H7NO2S/c1-7(9-3-4-10-7)6-8-2-5-11-6/h2-5H,1H3. The molecule has 11 heavy (non-hydrogen) atoms. The molecule has 0 spiro atoms. The summed E-state index contributed by atoms with van der Waals surface area (Å²) < 4.78 is 10.5. The Labute approximate surface area is 68.3 Å². The van der Waals surface area contributed by atoms with Gasteiger partial charge in [0, 0.05) is 18.5 Å². The molecule has 3 nitrogen and oxygen atoms in total. The maximum Gasteiger partial charge on any atom is 0.300 e. The van der Waals surface area contributed by atoms with E-state index in [1.165, 1.54) is 23.9 Å². The molecule has 0 amide bonds. The van der Waals surface area contributed by atoms with Crippen molar-refractivity contribution >= 4 is 11.3 Å². The first-order valence-corrected chi connectivity index (χ1v) is 4.10. The molecule has 0 aromatic carbocycles. The van der Waals surface area contributed by atoms with Gasteiger partial charge in [-0.2, -0.15) is 0 Å². The average molecular weight is 169 g/mol. The Bertz CT molecular complexity index is 260. The van der Waals surface area contributed by atoms with Gasteiger partial charge < -0.3 is 9.47 Å². The van der Waals surface area contributed by atoms with Gasteiger partial charge in [0.05, 0.1) is 0 Å². The lowest BCUT2D eigenvalue weighted by Gasteiger charge is -2.19. The second-order valence-electron chi connectivity index (χ2n) is 2.29. The molecule has 0 saturated carbocycles. The Kier molecular flexibility index (Phi) is 1.35. The molecule has 1 aromatic heterocycles. The fourth-order valence-electron chi connectivity index (χ4n) is 0.892. The second-order valence-corrected chi connectivity index (χ2v) is 3.19. The zero-order chi connectivity index (χ0) is 7.73. The van der Waals surface area contributed by atoms with Crippen molar-refractivity contribution in [2.24, 2.45) is 0 Å². The zero-order valence-electron chi connectivity index (χ0n) is 5.98. The molecule has 2 rings (SSSR count). The second kappa shape index (κ2) is 2.23. The molecule has 0 unspecified atom stereocenters. The third-order valence-electron chi connectivity index (χ3n) is 1.46. The van der Waals surface area contributed by atoms with E-state index in [1.807, 2.05) is 12.3 Å². The van der Waals surface area contributed by atoms with E-state index < -0.39 is 5.79 Å². The minimum Gasteiger partial charge on any atom is -0.451 e. The van der Waals surface area contributed by atoms with E-state index in [4.69, 9.17) is 9.47 Å². The summed E-state index contributed by atoms with van der Waals surface area (Å²) in [6.07, 6.45) is 4.79. The van der Waals surface area contributed by atoms with Crippen LogP contribution in [0, 0.1) is 0 Å². The molecule has 0 aliphatic carbocycles. The summed E-state index contributed by atoms with van der Waals surface area (Å²) >= 11 is 1.52. The van der Waals surface area contributed by atoms with Crippen molar-refractivity contribution in [1.82, 2.24) is 4.98 Å². The lowest BCUT2D eigenvalue weighted by Crippen LogP contribution is -2.21. The highest BCUT2D eigenvalue weighted by atomic mass is 32.1. The molecule has 1 aromatic rings. The highest BCUT2D eigenvalue weighted by molar-refractivity contribution is 7.09. The molecule has 0 bridgehead atoms. The van der Waals surface area contributed by atoms with E-state index in [9.17, 15) is 0 Å². The van der Waals surface area contributed by atoms with Gasteiger partial charge in [0.1, 0.15) is 12.5 Å². The molecular weight excluding hydrogens is 162 g/mol. The maximum atomic E-state index is 5.23. The average Bonchev–Trinajstić information content (AvgIpc) is 2.55. The van der Waals surface area contributed by atoms with Crippen molar-refractivity contribution in [2.75, 3.05) is 0 Å². The van der Waals surface area contributed by atoms with Crippen LogP contribution in [0.1, 0.15) is 11.9 Å². The van der Waals surface area contributed by atoms with Crippen LogP contribution in [0.3, 0.4) is 0 Å². The summed E-state index contributed by atoms with van der Waals surface area (Å²) in [6, 6.07) is 0. The van der Waals surface area contributed by atoms with Gasteiger partial charge in [-0.3, -0.25) is 0 Å². The lowest BCUT2D eigenvalue weighted by atomic mass is 10.3. The molecule has 0 saturated heterocycles. The van der Waals surface area contributed by atoms with Crippen molar-refractivity contribution in [1.29, 1.82) is 0 Å². The van der Waals surface area contributed by atoms with Crippen LogP contribution >= 0.6 is 11.3 Å². The number of ether oxygens (including phenoxy) is 2. The van der Waals surface area contributed by atoms with Gasteiger partial charge in [-0.05, 0) is 0 Å². The van der Waals surface area contributed by atoms with E-state index in [2.05, 4.69) is 4.98 Å². The summed E-state index contributed by atoms with van der Waals surface area (Å²) in [5.74, 6) is -0.686. The Morgan fingerprint density at radius 2 is 2.18 bits per heavy atom. The van der Waals surface area contributed by atoms with Gasteiger partial charge in [0.2, 0.25) is 0 Å². The molecule has 4 heteroatoms. The molecule has 0 fully saturated rings. The minimum absolute atomic E-state index is 0.686. The highest BCUT2D eigenvalue weighted by Gasteiger charge is 2.34. The molecule has 0 atom stereocenters. The summed E-state index contributed by atoms with van der Waals surface area (Å²) in [7, 11) is 0. The first-order chi connectivity index (χ1) is 5.31.